The summed E-state index contributed by atoms with van der Waals surface area (Å²) in [6, 6.07) is 15.4. The van der Waals surface area contributed by atoms with Gasteiger partial charge in [0, 0.05) is 24.8 Å². The van der Waals surface area contributed by atoms with Crippen molar-refractivity contribution in [3.8, 4) is 28.0 Å². The van der Waals surface area contributed by atoms with Crippen LogP contribution < -0.4 is 4.74 Å². The molecule has 0 aliphatic heterocycles. The van der Waals surface area contributed by atoms with Crippen LogP contribution in [0.25, 0.3) is 27.8 Å². The van der Waals surface area contributed by atoms with E-state index in [9.17, 15) is 8.78 Å². The van der Waals surface area contributed by atoms with Crippen molar-refractivity contribution in [1.82, 2.24) is 0 Å². The zero-order chi connectivity index (χ0) is 27.6. The molecule has 3 aromatic carbocycles. The Kier molecular flexibility index (Phi) is 10.7. The van der Waals surface area contributed by atoms with E-state index in [1.807, 2.05) is 12.1 Å². The number of ether oxygens (including phenoxy) is 2. The Morgan fingerprint density at radius 3 is 2.15 bits per heavy atom. The van der Waals surface area contributed by atoms with Crippen LogP contribution in [0.15, 0.2) is 60.7 Å². The van der Waals surface area contributed by atoms with Crippen LogP contribution in [-0.4, -0.2) is 20.3 Å². The summed E-state index contributed by atoms with van der Waals surface area (Å²) in [5.74, 6) is -1.71. The number of rotatable bonds is 13. The average molecular weight is 537 g/mol. The molecule has 0 spiro atoms. The maximum Gasteiger partial charge on any atom is 0.201 e. The first-order valence-electron chi connectivity index (χ1n) is 14.2. The van der Waals surface area contributed by atoms with Gasteiger partial charge in [0.15, 0.2) is 11.6 Å². The molecule has 0 fully saturated rings. The van der Waals surface area contributed by atoms with Crippen LogP contribution in [0.4, 0.5) is 13.2 Å². The molecule has 1 aliphatic rings. The van der Waals surface area contributed by atoms with Gasteiger partial charge in [0.05, 0.1) is 6.61 Å². The summed E-state index contributed by atoms with van der Waals surface area (Å²) in [6.45, 7) is 3.28. The Balaban J connectivity index is 1.40. The van der Waals surface area contributed by atoms with Crippen LogP contribution in [0, 0.1) is 23.4 Å². The minimum Gasteiger partial charge on any atom is -0.490 e. The standard InChI is InChI=1S/C34H39F3O2/c1-3-4-5-6-7-8-21-39-32-20-19-30(33(36)34(32)37)27-15-13-25(14-16-27)28-17-18-29(31(35)22-28)26-11-9-24(10-12-26)23-38-2/h11,13-20,22,24H,3-10,12,21,23H2,1-2H3. The van der Waals surface area contributed by atoms with Gasteiger partial charge >= 0.3 is 0 Å². The summed E-state index contributed by atoms with van der Waals surface area (Å²) in [5.41, 5.74) is 3.95. The van der Waals surface area contributed by atoms with E-state index in [0.29, 0.717) is 23.7 Å². The van der Waals surface area contributed by atoms with E-state index >= 15 is 4.39 Å². The van der Waals surface area contributed by atoms with E-state index in [0.717, 1.165) is 61.8 Å². The van der Waals surface area contributed by atoms with E-state index < -0.39 is 11.6 Å². The second-order valence-corrected chi connectivity index (χ2v) is 10.5. The van der Waals surface area contributed by atoms with Crippen molar-refractivity contribution in [1.29, 1.82) is 0 Å². The van der Waals surface area contributed by atoms with E-state index in [4.69, 9.17) is 9.47 Å². The van der Waals surface area contributed by atoms with Gasteiger partial charge in [-0.25, -0.2) is 8.78 Å². The van der Waals surface area contributed by atoms with Gasteiger partial charge in [-0.15, -0.1) is 0 Å². The highest BCUT2D eigenvalue weighted by molar-refractivity contribution is 5.74. The van der Waals surface area contributed by atoms with E-state index in [-0.39, 0.29) is 17.1 Å². The van der Waals surface area contributed by atoms with Crippen molar-refractivity contribution in [3.05, 3.63) is 83.7 Å². The van der Waals surface area contributed by atoms with Gasteiger partial charge < -0.3 is 9.47 Å². The minimum atomic E-state index is -0.967. The fraction of sp³-hybridized carbons (Fsp3) is 0.412. The summed E-state index contributed by atoms with van der Waals surface area (Å²) in [7, 11) is 1.71. The molecule has 3 aromatic rings. The maximum absolute atomic E-state index is 15.1. The first-order valence-corrected chi connectivity index (χ1v) is 14.2. The first kappa shape index (κ1) is 28.9. The Labute approximate surface area is 230 Å². The number of allylic oxidation sites excluding steroid dienone is 2. The van der Waals surface area contributed by atoms with Crippen molar-refractivity contribution >= 4 is 5.57 Å². The molecular formula is C34H39F3O2. The smallest absolute Gasteiger partial charge is 0.201 e. The lowest BCUT2D eigenvalue weighted by atomic mass is 9.86. The summed E-state index contributed by atoms with van der Waals surface area (Å²) in [4.78, 5) is 0. The number of hydrogen-bond donors (Lipinski definition) is 0. The molecule has 0 amide bonds. The maximum atomic E-state index is 15.1. The number of halogens is 3. The second-order valence-electron chi connectivity index (χ2n) is 10.5. The lowest BCUT2D eigenvalue weighted by Gasteiger charge is -2.21. The second kappa shape index (κ2) is 14.4. The van der Waals surface area contributed by atoms with Crippen LogP contribution in [0.2, 0.25) is 0 Å². The SMILES string of the molecule is CCCCCCCCOc1ccc(-c2ccc(-c3ccc(C4=CCC(COC)CC4)c(F)c3)cc2)c(F)c1F. The molecule has 1 atom stereocenters. The molecule has 2 nitrogen and oxygen atoms in total. The van der Waals surface area contributed by atoms with Gasteiger partial charge in [-0.1, -0.05) is 81.5 Å². The van der Waals surface area contributed by atoms with Crippen LogP contribution in [0.5, 0.6) is 5.75 Å². The Hall–Kier alpha value is -3.05. The zero-order valence-corrected chi connectivity index (χ0v) is 23.1. The van der Waals surface area contributed by atoms with Crippen molar-refractivity contribution < 1.29 is 22.6 Å². The summed E-state index contributed by atoms with van der Waals surface area (Å²) >= 11 is 0. The van der Waals surface area contributed by atoms with Gasteiger partial charge in [-0.3, -0.25) is 0 Å². The van der Waals surface area contributed by atoms with Gasteiger partial charge in [0.1, 0.15) is 5.82 Å². The predicted molar refractivity (Wildman–Crippen MR) is 153 cm³/mol. The predicted octanol–water partition coefficient (Wildman–Crippen LogP) is 10.0. The topological polar surface area (TPSA) is 18.5 Å². The molecular weight excluding hydrogens is 497 g/mol. The highest BCUT2D eigenvalue weighted by Crippen LogP contribution is 2.35. The van der Waals surface area contributed by atoms with Crippen LogP contribution in [0.1, 0.15) is 70.3 Å². The first-order chi connectivity index (χ1) is 19.0. The fourth-order valence-corrected chi connectivity index (χ4v) is 5.25. The zero-order valence-electron chi connectivity index (χ0n) is 23.1. The third kappa shape index (κ3) is 7.54. The largest absolute Gasteiger partial charge is 0.490 e. The number of hydrogen-bond acceptors (Lipinski definition) is 2. The molecule has 5 heteroatoms. The van der Waals surface area contributed by atoms with E-state index in [2.05, 4.69) is 13.0 Å². The highest BCUT2D eigenvalue weighted by Gasteiger charge is 2.19. The summed E-state index contributed by atoms with van der Waals surface area (Å²) < 4.78 is 55.4. The van der Waals surface area contributed by atoms with E-state index in [1.165, 1.54) is 25.3 Å². The molecule has 0 saturated carbocycles. The van der Waals surface area contributed by atoms with Crippen LogP contribution in [0.3, 0.4) is 0 Å². The quantitative estimate of drug-likeness (QED) is 0.202. The number of benzene rings is 3. The van der Waals surface area contributed by atoms with Gasteiger partial charge in [0.2, 0.25) is 5.82 Å². The molecule has 0 bridgehead atoms. The third-order valence-electron chi connectivity index (χ3n) is 7.57. The van der Waals surface area contributed by atoms with Gasteiger partial charge in [0.25, 0.3) is 0 Å². The monoisotopic (exact) mass is 536 g/mol. The number of unbranched alkanes of at least 4 members (excludes halogenated alkanes) is 5. The van der Waals surface area contributed by atoms with E-state index in [1.54, 1.807) is 43.5 Å². The van der Waals surface area contributed by atoms with Crippen molar-refractivity contribution in [2.75, 3.05) is 20.3 Å². The lowest BCUT2D eigenvalue weighted by Crippen LogP contribution is -2.11. The average Bonchev–Trinajstić information content (AvgIpc) is 2.95. The van der Waals surface area contributed by atoms with Crippen molar-refractivity contribution in [2.24, 2.45) is 5.92 Å². The highest BCUT2D eigenvalue weighted by atomic mass is 19.2. The normalized spacial score (nSPS) is 15.3. The minimum absolute atomic E-state index is 0.0562. The molecule has 1 aliphatic carbocycles. The molecule has 0 heterocycles. The van der Waals surface area contributed by atoms with Gasteiger partial charge in [-0.05, 0) is 72.1 Å². The fourth-order valence-electron chi connectivity index (χ4n) is 5.25. The molecule has 0 aromatic heterocycles. The molecule has 39 heavy (non-hydrogen) atoms. The molecule has 0 radical (unpaired) electrons. The third-order valence-corrected chi connectivity index (χ3v) is 7.57. The van der Waals surface area contributed by atoms with Gasteiger partial charge in [-0.2, -0.15) is 4.39 Å². The molecule has 1 unspecified atom stereocenters. The molecule has 0 N–H and O–H groups in total. The Bertz CT molecular complexity index is 1250. The lowest BCUT2D eigenvalue weighted by molar-refractivity contribution is 0.148. The molecule has 4 rings (SSSR count). The summed E-state index contributed by atoms with van der Waals surface area (Å²) in [6.07, 6.45) is 11.4. The number of methoxy groups -OCH3 is 1. The van der Waals surface area contributed by atoms with Crippen LogP contribution >= 0.6 is 0 Å². The van der Waals surface area contributed by atoms with Crippen molar-refractivity contribution in [2.45, 2.75) is 64.7 Å². The van der Waals surface area contributed by atoms with Crippen LogP contribution in [-0.2, 0) is 4.74 Å². The molecule has 208 valence electrons. The molecule has 0 saturated heterocycles. The summed E-state index contributed by atoms with van der Waals surface area (Å²) in [5, 5.41) is 0. The Morgan fingerprint density at radius 2 is 1.46 bits per heavy atom. The Morgan fingerprint density at radius 1 is 0.769 bits per heavy atom. The van der Waals surface area contributed by atoms with Crippen molar-refractivity contribution in [3.63, 3.8) is 0 Å².